The van der Waals surface area contributed by atoms with E-state index in [1.807, 2.05) is 0 Å². The molecular formula is C14H20O5. The van der Waals surface area contributed by atoms with Crippen LogP contribution in [-0.2, 0) is 11.2 Å². The Hall–Kier alpha value is -1.75. The molecule has 0 saturated carbocycles. The van der Waals surface area contributed by atoms with Crippen LogP contribution in [0, 0.1) is 13.8 Å². The summed E-state index contributed by atoms with van der Waals surface area (Å²) in [6, 6.07) is 0. The molecule has 1 unspecified atom stereocenters. The Kier molecular flexibility index (Phi) is 4.78. The fraction of sp³-hybridized carbons (Fsp3) is 0.500. The number of aliphatic hydroxyl groups excluding tert-OH is 1. The lowest BCUT2D eigenvalue weighted by Gasteiger charge is -2.17. The summed E-state index contributed by atoms with van der Waals surface area (Å²) in [4.78, 5) is 11.7. The Morgan fingerprint density at radius 1 is 1.21 bits per heavy atom. The number of benzene rings is 1. The SMILES string of the molecule is COC(=O)c1c(C)c(CCC(C)O)c(O)c(C)c1O. The van der Waals surface area contributed by atoms with Crippen molar-refractivity contribution in [3.05, 3.63) is 22.3 Å². The summed E-state index contributed by atoms with van der Waals surface area (Å²) in [5.74, 6) is -0.942. The molecule has 106 valence electrons. The van der Waals surface area contributed by atoms with E-state index < -0.39 is 12.1 Å². The predicted molar refractivity (Wildman–Crippen MR) is 70.6 cm³/mol. The van der Waals surface area contributed by atoms with Gasteiger partial charge >= 0.3 is 5.97 Å². The van der Waals surface area contributed by atoms with Crippen molar-refractivity contribution < 1.29 is 24.9 Å². The molecule has 1 rings (SSSR count). The summed E-state index contributed by atoms with van der Waals surface area (Å²) in [5, 5.41) is 29.3. The number of aliphatic hydroxyl groups is 1. The highest BCUT2D eigenvalue weighted by Gasteiger charge is 2.23. The first-order chi connectivity index (χ1) is 8.81. The van der Waals surface area contributed by atoms with E-state index in [4.69, 9.17) is 0 Å². The van der Waals surface area contributed by atoms with Crippen molar-refractivity contribution in [1.82, 2.24) is 0 Å². The molecule has 19 heavy (non-hydrogen) atoms. The van der Waals surface area contributed by atoms with Gasteiger partial charge in [0.15, 0.2) is 0 Å². The van der Waals surface area contributed by atoms with Crippen LogP contribution in [0.25, 0.3) is 0 Å². The van der Waals surface area contributed by atoms with Gasteiger partial charge in [-0.15, -0.1) is 0 Å². The maximum atomic E-state index is 11.7. The smallest absolute Gasteiger partial charge is 0.341 e. The summed E-state index contributed by atoms with van der Waals surface area (Å²) in [6.07, 6.45) is 0.370. The van der Waals surface area contributed by atoms with Gasteiger partial charge in [-0.1, -0.05) is 0 Å². The molecule has 5 nitrogen and oxygen atoms in total. The third kappa shape index (κ3) is 2.98. The van der Waals surface area contributed by atoms with E-state index >= 15 is 0 Å². The molecule has 5 heteroatoms. The van der Waals surface area contributed by atoms with E-state index in [1.165, 1.54) is 14.0 Å². The Balaban J connectivity index is 3.39. The number of methoxy groups -OCH3 is 1. The van der Waals surface area contributed by atoms with Gasteiger partial charge in [0.2, 0.25) is 0 Å². The third-order valence-electron chi connectivity index (χ3n) is 3.26. The van der Waals surface area contributed by atoms with E-state index in [1.54, 1.807) is 13.8 Å². The lowest BCUT2D eigenvalue weighted by Crippen LogP contribution is -2.10. The Morgan fingerprint density at radius 2 is 1.79 bits per heavy atom. The van der Waals surface area contributed by atoms with Gasteiger partial charge in [-0.3, -0.25) is 0 Å². The second-order valence-electron chi connectivity index (χ2n) is 4.68. The molecule has 0 amide bonds. The predicted octanol–water partition coefficient (Wildman–Crippen LogP) is 1.81. The molecule has 0 bridgehead atoms. The van der Waals surface area contributed by atoms with Crippen LogP contribution < -0.4 is 0 Å². The van der Waals surface area contributed by atoms with E-state index in [9.17, 15) is 20.1 Å². The van der Waals surface area contributed by atoms with Crippen LogP contribution in [0.1, 0.15) is 40.4 Å². The van der Waals surface area contributed by atoms with Gasteiger partial charge < -0.3 is 20.1 Å². The third-order valence-corrected chi connectivity index (χ3v) is 3.26. The van der Waals surface area contributed by atoms with Crippen molar-refractivity contribution in [2.45, 2.75) is 39.7 Å². The normalized spacial score (nSPS) is 12.3. The van der Waals surface area contributed by atoms with Crippen LogP contribution in [0.5, 0.6) is 11.5 Å². The molecule has 0 aromatic heterocycles. The molecule has 0 heterocycles. The van der Waals surface area contributed by atoms with Crippen molar-refractivity contribution in [2.24, 2.45) is 0 Å². The first-order valence-corrected chi connectivity index (χ1v) is 6.11. The summed E-state index contributed by atoms with van der Waals surface area (Å²) in [7, 11) is 1.23. The molecule has 0 fully saturated rings. The van der Waals surface area contributed by atoms with Gasteiger partial charge in [0.25, 0.3) is 0 Å². The number of esters is 1. The molecule has 0 radical (unpaired) electrons. The van der Waals surface area contributed by atoms with Crippen molar-refractivity contribution in [3.8, 4) is 11.5 Å². The topological polar surface area (TPSA) is 87.0 Å². The molecule has 1 atom stereocenters. The van der Waals surface area contributed by atoms with Crippen LogP contribution in [0.3, 0.4) is 0 Å². The maximum absolute atomic E-state index is 11.7. The van der Waals surface area contributed by atoms with Crippen LogP contribution in [0.15, 0.2) is 0 Å². The average Bonchev–Trinajstić information content (AvgIpc) is 2.35. The number of hydrogen-bond donors (Lipinski definition) is 3. The number of rotatable bonds is 4. The molecular weight excluding hydrogens is 248 g/mol. The molecule has 0 aliphatic rings. The summed E-state index contributed by atoms with van der Waals surface area (Å²) >= 11 is 0. The highest BCUT2D eigenvalue weighted by atomic mass is 16.5. The lowest BCUT2D eigenvalue weighted by molar-refractivity contribution is 0.0596. The van der Waals surface area contributed by atoms with Crippen molar-refractivity contribution >= 4 is 5.97 Å². The summed E-state index contributed by atoms with van der Waals surface area (Å²) in [6.45, 7) is 4.83. The number of aromatic hydroxyl groups is 2. The van der Waals surface area contributed by atoms with Gasteiger partial charge in [-0.05, 0) is 44.7 Å². The molecule has 0 spiro atoms. The molecule has 1 aromatic rings. The first kappa shape index (κ1) is 15.3. The zero-order valence-corrected chi connectivity index (χ0v) is 11.6. The Labute approximate surface area is 112 Å². The minimum absolute atomic E-state index is 0.0386. The second-order valence-corrected chi connectivity index (χ2v) is 4.68. The quantitative estimate of drug-likeness (QED) is 0.725. The fourth-order valence-electron chi connectivity index (χ4n) is 2.04. The second kappa shape index (κ2) is 5.93. The number of carbonyl (C=O) groups is 1. The molecule has 3 N–H and O–H groups in total. The largest absolute Gasteiger partial charge is 0.507 e. The maximum Gasteiger partial charge on any atom is 0.341 e. The van der Waals surface area contributed by atoms with E-state index in [-0.39, 0.29) is 22.6 Å². The highest BCUT2D eigenvalue weighted by Crippen LogP contribution is 2.38. The van der Waals surface area contributed by atoms with E-state index in [0.717, 1.165) is 0 Å². The number of ether oxygens (including phenoxy) is 1. The molecule has 0 aliphatic carbocycles. The first-order valence-electron chi connectivity index (χ1n) is 6.11. The van der Waals surface area contributed by atoms with Crippen molar-refractivity contribution in [2.75, 3.05) is 7.11 Å². The van der Waals surface area contributed by atoms with Crippen LogP contribution in [-0.4, -0.2) is 34.5 Å². The van der Waals surface area contributed by atoms with Crippen LogP contribution >= 0.6 is 0 Å². The van der Waals surface area contributed by atoms with Gasteiger partial charge in [-0.25, -0.2) is 4.79 Å². The lowest BCUT2D eigenvalue weighted by atomic mass is 9.93. The van der Waals surface area contributed by atoms with Gasteiger partial charge in [0.1, 0.15) is 17.1 Å². The molecule has 0 aliphatic heterocycles. The van der Waals surface area contributed by atoms with Crippen molar-refractivity contribution in [3.63, 3.8) is 0 Å². The van der Waals surface area contributed by atoms with E-state index in [0.29, 0.717) is 24.0 Å². The fourth-order valence-corrected chi connectivity index (χ4v) is 2.04. The standard InChI is InChI=1S/C14H20O5/c1-7(15)5-6-10-8(2)11(14(18)19-4)13(17)9(3)12(10)16/h7,15-17H,5-6H2,1-4H3. The monoisotopic (exact) mass is 268 g/mol. The van der Waals surface area contributed by atoms with Crippen molar-refractivity contribution in [1.29, 1.82) is 0 Å². The minimum Gasteiger partial charge on any atom is -0.507 e. The number of carbonyl (C=O) groups excluding carboxylic acids is 1. The zero-order chi connectivity index (χ0) is 14.7. The highest BCUT2D eigenvalue weighted by molar-refractivity contribution is 5.95. The molecule has 1 aromatic carbocycles. The number of phenolic OH excluding ortho intramolecular Hbond substituents is 2. The summed E-state index contributed by atoms with van der Waals surface area (Å²) in [5.41, 5.74) is 1.34. The zero-order valence-electron chi connectivity index (χ0n) is 11.6. The minimum atomic E-state index is -0.642. The summed E-state index contributed by atoms with van der Waals surface area (Å²) < 4.78 is 4.64. The van der Waals surface area contributed by atoms with E-state index in [2.05, 4.69) is 4.74 Å². The Bertz CT molecular complexity index is 491. The van der Waals surface area contributed by atoms with Crippen LogP contribution in [0.4, 0.5) is 0 Å². The van der Waals surface area contributed by atoms with Crippen LogP contribution in [0.2, 0.25) is 0 Å². The Morgan fingerprint density at radius 3 is 2.26 bits per heavy atom. The number of hydrogen-bond acceptors (Lipinski definition) is 5. The average molecular weight is 268 g/mol. The number of phenols is 2. The van der Waals surface area contributed by atoms with Gasteiger partial charge in [0, 0.05) is 5.56 Å². The van der Waals surface area contributed by atoms with Gasteiger partial charge in [-0.2, -0.15) is 0 Å². The van der Waals surface area contributed by atoms with Gasteiger partial charge in [0.05, 0.1) is 13.2 Å². The molecule has 0 saturated heterocycles.